The van der Waals surface area contributed by atoms with Crippen molar-refractivity contribution in [1.82, 2.24) is 4.98 Å². The summed E-state index contributed by atoms with van der Waals surface area (Å²) >= 11 is 0. The summed E-state index contributed by atoms with van der Waals surface area (Å²) in [6, 6.07) is 11.7. The molecule has 38 heavy (non-hydrogen) atoms. The number of anilines is 1. The Morgan fingerprint density at radius 1 is 1.03 bits per heavy atom. The molecule has 7 nitrogen and oxygen atoms in total. The van der Waals surface area contributed by atoms with Gasteiger partial charge in [0, 0.05) is 6.20 Å². The Bertz CT molecular complexity index is 1550. The molecule has 1 aliphatic rings. The maximum atomic E-state index is 14.1. The van der Waals surface area contributed by atoms with E-state index in [0.29, 0.717) is 29.5 Å². The molecule has 0 spiro atoms. The number of aryl methyl sites for hydroxylation is 1. The third-order valence-corrected chi connectivity index (χ3v) is 6.73. The Balaban J connectivity index is 1.63. The van der Waals surface area contributed by atoms with Crippen LogP contribution >= 0.6 is 0 Å². The molecule has 0 radical (unpaired) electrons. The molecule has 5 rings (SSSR count). The Hall–Kier alpha value is -4.20. The number of ether oxygens (including phenoxy) is 2. The molecule has 1 amide bonds. The first-order valence-electron chi connectivity index (χ1n) is 12.8. The lowest BCUT2D eigenvalue weighted by Gasteiger charge is -2.25. The molecule has 0 saturated heterocycles. The van der Waals surface area contributed by atoms with Crippen molar-refractivity contribution in [1.29, 1.82) is 0 Å². The average molecular weight is 517 g/mol. The number of fused-ring (bicyclic) bond motifs is 2. The molecule has 0 N–H and O–H groups in total. The number of hydrogen-bond donors (Lipinski definition) is 0. The Kier molecular flexibility index (Phi) is 7.13. The summed E-state index contributed by atoms with van der Waals surface area (Å²) in [6.07, 6.45) is 5.96. The highest BCUT2D eigenvalue weighted by molar-refractivity contribution is 6.10. The van der Waals surface area contributed by atoms with E-state index in [4.69, 9.17) is 13.9 Å². The number of aromatic nitrogens is 1. The maximum Gasteiger partial charge on any atom is 0.296 e. The molecule has 1 aliphatic heterocycles. The Morgan fingerprint density at radius 2 is 1.87 bits per heavy atom. The summed E-state index contributed by atoms with van der Waals surface area (Å²) in [6.45, 7) is 4.61. The number of carbonyl (C=O) groups excluding carboxylic acids is 1. The molecule has 0 fully saturated rings. The van der Waals surface area contributed by atoms with Crippen LogP contribution in [0.15, 0.2) is 63.9 Å². The zero-order chi connectivity index (χ0) is 26.8. The third-order valence-electron chi connectivity index (χ3n) is 6.73. The van der Waals surface area contributed by atoms with E-state index in [0.717, 1.165) is 37.3 Å². The third kappa shape index (κ3) is 4.62. The van der Waals surface area contributed by atoms with Gasteiger partial charge in [-0.1, -0.05) is 38.3 Å². The van der Waals surface area contributed by atoms with E-state index in [2.05, 4.69) is 11.9 Å². The lowest BCUT2D eigenvalue weighted by molar-refractivity contribution is 0.0970. The van der Waals surface area contributed by atoms with Gasteiger partial charge in [-0.05, 0) is 60.9 Å². The summed E-state index contributed by atoms with van der Waals surface area (Å²) in [5, 5.41) is 0.0688. The van der Waals surface area contributed by atoms with Crippen molar-refractivity contribution in [3.63, 3.8) is 0 Å². The minimum absolute atomic E-state index is 0.0688. The van der Waals surface area contributed by atoms with Crippen LogP contribution in [0.5, 0.6) is 11.5 Å². The van der Waals surface area contributed by atoms with Crippen molar-refractivity contribution < 1.29 is 23.1 Å². The van der Waals surface area contributed by atoms with E-state index in [9.17, 15) is 14.0 Å². The zero-order valence-electron chi connectivity index (χ0n) is 21.6. The predicted octanol–water partition coefficient (Wildman–Crippen LogP) is 6.35. The number of amides is 1. The van der Waals surface area contributed by atoms with Gasteiger partial charge in [0.1, 0.15) is 17.2 Å². The molecule has 8 heteroatoms. The van der Waals surface area contributed by atoms with Crippen LogP contribution in [0.3, 0.4) is 0 Å². The maximum absolute atomic E-state index is 14.1. The molecule has 2 aromatic carbocycles. The molecule has 0 bridgehead atoms. The van der Waals surface area contributed by atoms with Crippen molar-refractivity contribution in [3.05, 3.63) is 93.2 Å². The van der Waals surface area contributed by atoms with Crippen LogP contribution in [-0.4, -0.2) is 24.6 Å². The fourth-order valence-corrected chi connectivity index (χ4v) is 4.78. The van der Waals surface area contributed by atoms with Gasteiger partial charge >= 0.3 is 0 Å². The Morgan fingerprint density at radius 3 is 2.61 bits per heavy atom. The fourth-order valence-electron chi connectivity index (χ4n) is 4.78. The highest BCUT2D eigenvalue weighted by Crippen LogP contribution is 2.42. The molecular formula is C30H29FN2O5. The van der Waals surface area contributed by atoms with E-state index in [1.807, 2.05) is 13.0 Å². The molecule has 3 heterocycles. The summed E-state index contributed by atoms with van der Waals surface area (Å²) < 4.78 is 31.5. The van der Waals surface area contributed by atoms with Crippen molar-refractivity contribution in [3.8, 4) is 11.5 Å². The van der Waals surface area contributed by atoms with E-state index in [-0.39, 0.29) is 22.3 Å². The van der Waals surface area contributed by atoms with E-state index >= 15 is 0 Å². The first-order valence-corrected chi connectivity index (χ1v) is 12.8. The SMILES string of the molecule is CCCCCCOc1ccc(C2c3c(oc4ccc(F)cc4c3=O)C(=O)N2c2ccc(C)cn2)cc1OC. The van der Waals surface area contributed by atoms with Crippen LogP contribution in [0, 0.1) is 12.7 Å². The number of methoxy groups -OCH3 is 1. The predicted molar refractivity (Wildman–Crippen MR) is 143 cm³/mol. The van der Waals surface area contributed by atoms with Crippen molar-refractivity contribution in [2.75, 3.05) is 18.6 Å². The molecular weight excluding hydrogens is 487 g/mol. The average Bonchev–Trinajstić information content (AvgIpc) is 3.22. The second-order valence-corrected chi connectivity index (χ2v) is 9.41. The standard InChI is InChI=1S/C30H29FN2O5/c1-4-5-6-7-14-37-23-11-9-19(15-24(23)36-3)27-26-28(34)21-16-20(31)10-12-22(21)38-29(26)30(35)33(27)25-13-8-18(2)17-32-25/h8-13,15-17,27H,4-7,14H2,1-3H3. The minimum Gasteiger partial charge on any atom is -0.493 e. The van der Waals surface area contributed by atoms with Crippen LogP contribution in [0.1, 0.15) is 65.9 Å². The number of hydrogen-bond acceptors (Lipinski definition) is 6. The highest BCUT2D eigenvalue weighted by Gasteiger charge is 2.44. The highest BCUT2D eigenvalue weighted by atomic mass is 19.1. The topological polar surface area (TPSA) is 81.9 Å². The minimum atomic E-state index is -0.857. The lowest BCUT2D eigenvalue weighted by atomic mass is 9.98. The molecule has 196 valence electrons. The van der Waals surface area contributed by atoms with Gasteiger partial charge in [0.2, 0.25) is 5.76 Å². The van der Waals surface area contributed by atoms with Crippen molar-refractivity contribution in [2.45, 2.75) is 45.6 Å². The normalized spacial score (nSPS) is 14.7. The van der Waals surface area contributed by atoms with E-state index < -0.39 is 23.2 Å². The second-order valence-electron chi connectivity index (χ2n) is 9.41. The number of benzene rings is 2. The van der Waals surface area contributed by atoms with E-state index in [1.165, 1.54) is 17.0 Å². The van der Waals surface area contributed by atoms with Gasteiger partial charge in [-0.25, -0.2) is 9.37 Å². The number of rotatable bonds is 9. The number of unbranched alkanes of at least 4 members (excludes halogenated alkanes) is 3. The van der Waals surface area contributed by atoms with Gasteiger partial charge in [-0.3, -0.25) is 14.5 Å². The zero-order valence-corrected chi connectivity index (χ0v) is 21.6. The number of pyridine rings is 1. The van der Waals surface area contributed by atoms with Crippen molar-refractivity contribution >= 4 is 22.7 Å². The van der Waals surface area contributed by atoms with Gasteiger partial charge in [-0.2, -0.15) is 0 Å². The Labute approximate surface area is 219 Å². The monoisotopic (exact) mass is 516 g/mol. The second kappa shape index (κ2) is 10.7. The number of carbonyl (C=O) groups is 1. The number of halogens is 1. The van der Waals surface area contributed by atoms with Crippen LogP contribution in [0.25, 0.3) is 11.0 Å². The van der Waals surface area contributed by atoms with Crippen LogP contribution in [0.4, 0.5) is 10.2 Å². The van der Waals surface area contributed by atoms with Gasteiger partial charge in [-0.15, -0.1) is 0 Å². The van der Waals surface area contributed by atoms with Gasteiger partial charge < -0.3 is 13.9 Å². The quantitative estimate of drug-likeness (QED) is 0.241. The van der Waals surface area contributed by atoms with Crippen molar-refractivity contribution in [2.24, 2.45) is 0 Å². The van der Waals surface area contributed by atoms with Crippen LogP contribution < -0.4 is 19.8 Å². The lowest BCUT2D eigenvalue weighted by Crippen LogP contribution is -2.30. The summed E-state index contributed by atoms with van der Waals surface area (Å²) in [7, 11) is 1.54. The number of nitrogens with zero attached hydrogens (tertiary/aromatic N) is 2. The van der Waals surface area contributed by atoms with Crippen LogP contribution in [0.2, 0.25) is 0 Å². The molecule has 0 aliphatic carbocycles. The first-order chi connectivity index (χ1) is 18.4. The molecule has 1 atom stereocenters. The fraction of sp³-hybridized carbons (Fsp3) is 0.300. The largest absolute Gasteiger partial charge is 0.493 e. The summed E-state index contributed by atoms with van der Waals surface area (Å²) in [4.78, 5) is 33.3. The van der Waals surface area contributed by atoms with Gasteiger partial charge in [0.25, 0.3) is 5.91 Å². The molecule has 0 saturated carbocycles. The molecule has 1 unspecified atom stereocenters. The van der Waals surface area contributed by atoms with Gasteiger partial charge in [0.05, 0.1) is 30.7 Å². The smallest absolute Gasteiger partial charge is 0.296 e. The summed E-state index contributed by atoms with van der Waals surface area (Å²) in [5.74, 6) is 0.264. The molecule has 2 aromatic heterocycles. The van der Waals surface area contributed by atoms with Crippen LogP contribution in [-0.2, 0) is 0 Å². The first kappa shape index (κ1) is 25.4. The molecule has 4 aromatic rings. The summed E-state index contributed by atoms with van der Waals surface area (Å²) in [5.41, 5.74) is 1.34. The van der Waals surface area contributed by atoms with Gasteiger partial charge in [0.15, 0.2) is 16.9 Å². The van der Waals surface area contributed by atoms with E-state index in [1.54, 1.807) is 37.6 Å².